The van der Waals surface area contributed by atoms with Crippen molar-refractivity contribution in [3.63, 3.8) is 0 Å². The highest BCUT2D eigenvalue weighted by Gasteiger charge is 2.18. The molecule has 1 aliphatic rings. The second kappa shape index (κ2) is 10.4. The van der Waals surface area contributed by atoms with Gasteiger partial charge in [-0.05, 0) is 57.2 Å². The number of allylic oxidation sites excluding steroid dienone is 1. The topological polar surface area (TPSA) is 84.5 Å². The minimum atomic E-state index is -0.955. The molecule has 0 saturated heterocycles. The average Bonchev–Trinajstić information content (AvgIpc) is 2.66. The third-order valence-corrected chi connectivity index (χ3v) is 4.29. The van der Waals surface area contributed by atoms with E-state index in [1.165, 1.54) is 43.5 Å². The van der Waals surface area contributed by atoms with Crippen LogP contribution in [0.1, 0.15) is 49.4 Å². The molecule has 6 nitrogen and oxygen atoms in total. The van der Waals surface area contributed by atoms with Gasteiger partial charge in [0.2, 0.25) is 0 Å². The average molecular weight is 376 g/mol. The lowest BCUT2D eigenvalue weighted by molar-refractivity contribution is -0.153. The molecular weight excluding hydrogens is 351 g/mol. The second-order valence-electron chi connectivity index (χ2n) is 6.47. The number of hydrogen-bond donors (Lipinski definition) is 2. The Labute approximate surface area is 158 Å². The van der Waals surface area contributed by atoms with Crippen LogP contribution in [-0.2, 0) is 14.3 Å². The Balaban J connectivity index is 1.67. The molecule has 0 radical (unpaired) electrons. The fraction of sp³-hybridized carbons (Fsp3) is 0.450. The van der Waals surface area contributed by atoms with E-state index in [0.29, 0.717) is 6.54 Å². The molecule has 27 heavy (non-hydrogen) atoms. The number of esters is 1. The van der Waals surface area contributed by atoms with Gasteiger partial charge >= 0.3 is 5.97 Å². The maximum atomic E-state index is 13.1. The molecule has 0 spiro atoms. The molecule has 0 bridgehead atoms. The van der Waals surface area contributed by atoms with Crippen LogP contribution in [0.15, 0.2) is 35.9 Å². The summed E-state index contributed by atoms with van der Waals surface area (Å²) < 4.78 is 18.1. The molecule has 0 unspecified atom stereocenters. The maximum Gasteiger partial charge on any atom is 0.326 e. The zero-order valence-electron chi connectivity index (χ0n) is 15.4. The Bertz CT molecular complexity index is 718. The molecule has 0 fully saturated rings. The molecule has 0 saturated carbocycles. The minimum absolute atomic E-state index is 0.102. The summed E-state index contributed by atoms with van der Waals surface area (Å²) in [6, 6.07) is 5.12. The molecule has 2 amide bonds. The number of rotatable bonds is 8. The number of halogens is 1. The van der Waals surface area contributed by atoms with Crippen LogP contribution in [0.3, 0.4) is 0 Å². The molecule has 146 valence electrons. The van der Waals surface area contributed by atoms with Crippen LogP contribution in [0.25, 0.3) is 0 Å². The highest BCUT2D eigenvalue weighted by atomic mass is 19.1. The van der Waals surface area contributed by atoms with E-state index in [-0.39, 0.29) is 11.5 Å². The molecule has 1 aromatic rings. The van der Waals surface area contributed by atoms with Crippen LogP contribution in [0.4, 0.5) is 4.39 Å². The van der Waals surface area contributed by atoms with Gasteiger partial charge in [-0.1, -0.05) is 17.7 Å². The molecular formula is C20H25FN2O4. The summed E-state index contributed by atoms with van der Waals surface area (Å²) in [6.45, 7) is 1.57. The first-order valence-corrected chi connectivity index (χ1v) is 9.14. The van der Waals surface area contributed by atoms with Gasteiger partial charge in [0.05, 0.1) is 0 Å². The quantitative estimate of drug-likeness (QED) is 0.539. The Morgan fingerprint density at radius 2 is 2.04 bits per heavy atom. The van der Waals surface area contributed by atoms with Crippen LogP contribution in [0.2, 0.25) is 0 Å². The first-order valence-electron chi connectivity index (χ1n) is 9.14. The van der Waals surface area contributed by atoms with Crippen LogP contribution < -0.4 is 10.6 Å². The highest BCUT2D eigenvalue weighted by Crippen LogP contribution is 2.19. The van der Waals surface area contributed by atoms with Crippen molar-refractivity contribution < 1.29 is 23.5 Å². The van der Waals surface area contributed by atoms with Crippen LogP contribution >= 0.6 is 0 Å². The Morgan fingerprint density at radius 3 is 2.74 bits per heavy atom. The van der Waals surface area contributed by atoms with Crippen molar-refractivity contribution in [3.05, 3.63) is 47.3 Å². The fourth-order valence-corrected chi connectivity index (χ4v) is 2.80. The molecule has 2 rings (SSSR count). The number of nitrogens with one attached hydrogen (secondary N) is 2. The van der Waals surface area contributed by atoms with E-state index in [1.807, 2.05) is 0 Å². The zero-order valence-corrected chi connectivity index (χ0v) is 15.4. The van der Waals surface area contributed by atoms with E-state index in [1.54, 1.807) is 0 Å². The van der Waals surface area contributed by atoms with E-state index >= 15 is 0 Å². The van der Waals surface area contributed by atoms with Gasteiger partial charge in [0.25, 0.3) is 11.8 Å². The molecule has 0 heterocycles. The van der Waals surface area contributed by atoms with Crippen molar-refractivity contribution in [1.29, 1.82) is 0 Å². The number of benzene rings is 1. The lowest BCUT2D eigenvalue weighted by atomic mass is 9.97. The first-order chi connectivity index (χ1) is 13.0. The summed E-state index contributed by atoms with van der Waals surface area (Å²) in [5, 5.41) is 5.08. The van der Waals surface area contributed by atoms with E-state index < -0.39 is 30.3 Å². The number of carbonyl (C=O) groups is 3. The number of ether oxygens (including phenoxy) is 1. The lowest BCUT2D eigenvalue weighted by Gasteiger charge is -2.15. The Kier molecular flexibility index (Phi) is 7.98. The van der Waals surface area contributed by atoms with Gasteiger partial charge in [0, 0.05) is 12.1 Å². The third-order valence-electron chi connectivity index (χ3n) is 4.29. The maximum absolute atomic E-state index is 13.1. The van der Waals surface area contributed by atoms with E-state index in [9.17, 15) is 18.8 Å². The van der Waals surface area contributed by atoms with Crippen molar-refractivity contribution in [1.82, 2.24) is 10.6 Å². The third kappa shape index (κ3) is 7.21. The van der Waals surface area contributed by atoms with Crippen molar-refractivity contribution in [2.75, 3.05) is 13.1 Å². The predicted octanol–water partition coefficient (Wildman–Crippen LogP) is 2.49. The van der Waals surface area contributed by atoms with Gasteiger partial charge in [-0.3, -0.25) is 14.4 Å². The molecule has 0 aromatic heterocycles. The Hall–Kier alpha value is -2.70. The molecule has 0 aliphatic heterocycles. The molecule has 7 heteroatoms. The summed E-state index contributed by atoms with van der Waals surface area (Å²) >= 11 is 0. The standard InChI is InChI=1S/C20H25FN2O4/c1-14(19(25)22-11-10-15-6-3-2-4-7-15)27-18(24)13-23-20(26)16-8-5-9-17(21)12-16/h5-6,8-9,12,14H,2-4,7,10-11,13H2,1H3,(H,22,25)(H,23,26)/t14-/m0/s1. The normalized spacial score (nSPS) is 14.7. The smallest absolute Gasteiger partial charge is 0.326 e. The molecule has 1 aliphatic carbocycles. The molecule has 1 aromatic carbocycles. The van der Waals surface area contributed by atoms with Gasteiger partial charge in [0.1, 0.15) is 12.4 Å². The van der Waals surface area contributed by atoms with Crippen LogP contribution in [0.5, 0.6) is 0 Å². The summed E-state index contributed by atoms with van der Waals surface area (Å²) in [7, 11) is 0. The van der Waals surface area contributed by atoms with Gasteiger partial charge in [-0.15, -0.1) is 0 Å². The molecule has 1 atom stereocenters. The number of amides is 2. The van der Waals surface area contributed by atoms with Crippen LogP contribution in [-0.4, -0.2) is 37.0 Å². The SMILES string of the molecule is C[C@H](OC(=O)CNC(=O)c1cccc(F)c1)C(=O)NCCC1=CCCCC1. The van der Waals surface area contributed by atoms with E-state index in [2.05, 4.69) is 16.7 Å². The van der Waals surface area contributed by atoms with Gasteiger partial charge in [0.15, 0.2) is 6.10 Å². The summed E-state index contributed by atoms with van der Waals surface area (Å²) in [5.74, 6) is -2.25. The minimum Gasteiger partial charge on any atom is -0.451 e. The number of hydrogen-bond acceptors (Lipinski definition) is 4. The van der Waals surface area contributed by atoms with Crippen molar-refractivity contribution >= 4 is 17.8 Å². The van der Waals surface area contributed by atoms with Gasteiger partial charge in [-0.2, -0.15) is 0 Å². The van der Waals surface area contributed by atoms with Crippen LogP contribution in [0, 0.1) is 5.82 Å². The largest absolute Gasteiger partial charge is 0.451 e. The number of carbonyl (C=O) groups excluding carboxylic acids is 3. The van der Waals surface area contributed by atoms with Crippen molar-refractivity contribution in [3.8, 4) is 0 Å². The Morgan fingerprint density at radius 1 is 1.22 bits per heavy atom. The highest BCUT2D eigenvalue weighted by molar-refractivity contribution is 5.96. The van der Waals surface area contributed by atoms with Gasteiger partial charge < -0.3 is 15.4 Å². The van der Waals surface area contributed by atoms with E-state index in [4.69, 9.17) is 4.74 Å². The summed E-state index contributed by atoms with van der Waals surface area (Å²) in [5.41, 5.74) is 1.46. The van der Waals surface area contributed by atoms with Gasteiger partial charge in [-0.25, -0.2) is 4.39 Å². The predicted molar refractivity (Wildman–Crippen MR) is 98.5 cm³/mol. The zero-order chi connectivity index (χ0) is 19.6. The summed E-state index contributed by atoms with van der Waals surface area (Å²) in [6.07, 6.45) is 6.65. The van der Waals surface area contributed by atoms with E-state index in [0.717, 1.165) is 25.3 Å². The monoisotopic (exact) mass is 376 g/mol. The lowest BCUT2D eigenvalue weighted by Crippen LogP contribution is -2.39. The fourth-order valence-electron chi connectivity index (χ4n) is 2.80. The molecule has 2 N–H and O–H groups in total. The van der Waals surface area contributed by atoms with Crippen molar-refractivity contribution in [2.24, 2.45) is 0 Å². The second-order valence-corrected chi connectivity index (χ2v) is 6.47. The first kappa shape index (κ1) is 20.6. The van der Waals surface area contributed by atoms with Crippen molar-refractivity contribution in [2.45, 2.75) is 45.1 Å². The summed E-state index contributed by atoms with van der Waals surface area (Å²) in [4.78, 5) is 35.6.